The molecule has 3 N–H and O–H groups in total. The Morgan fingerprint density at radius 3 is 2.08 bits per heavy atom. The quantitative estimate of drug-likeness (QED) is 0.513. The van der Waals surface area contributed by atoms with E-state index in [2.05, 4.69) is 47.0 Å². The third-order valence-electron chi connectivity index (χ3n) is 7.11. The first kappa shape index (κ1) is 31.7. The molecule has 0 saturated carbocycles. The van der Waals surface area contributed by atoms with Gasteiger partial charge in [0.05, 0.1) is 32.0 Å². The Hall–Kier alpha value is -3.53. The molecule has 3 heterocycles. The number of methoxy groups -OCH3 is 2. The van der Waals surface area contributed by atoms with Crippen LogP contribution in [0, 0.1) is 13.8 Å². The van der Waals surface area contributed by atoms with Crippen molar-refractivity contribution < 1.29 is 19.1 Å². The Kier molecular flexibility index (Phi) is 12.3. The topological polar surface area (TPSA) is 115 Å². The summed E-state index contributed by atoms with van der Waals surface area (Å²) in [5.74, 6) is 1.48. The maximum atomic E-state index is 13.4. The number of rotatable bonds is 7. The van der Waals surface area contributed by atoms with E-state index >= 15 is 0 Å². The van der Waals surface area contributed by atoms with Crippen LogP contribution in [0.25, 0.3) is 0 Å². The minimum atomic E-state index is -0.185. The van der Waals surface area contributed by atoms with Crippen LogP contribution in [0.1, 0.15) is 56.5 Å². The van der Waals surface area contributed by atoms with Crippen molar-refractivity contribution in [2.75, 3.05) is 33.9 Å². The number of ether oxygens (including phenoxy) is 2. The van der Waals surface area contributed by atoms with Gasteiger partial charge in [0.1, 0.15) is 11.5 Å². The van der Waals surface area contributed by atoms with Crippen molar-refractivity contribution >= 4 is 12.4 Å². The van der Waals surface area contributed by atoms with Crippen LogP contribution in [-0.2, 0) is 18.4 Å². The van der Waals surface area contributed by atoms with Crippen molar-refractivity contribution in [2.24, 2.45) is 12.8 Å². The van der Waals surface area contributed by atoms with Gasteiger partial charge < -0.3 is 25.4 Å². The van der Waals surface area contributed by atoms with Crippen molar-refractivity contribution in [2.45, 2.75) is 65.5 Å². The van der Waals surface area contributed by atoms with E-state index in [1.54, 1.807) is 14.2 Å². The molecule has 39 heavy (non-hydrogen) atoms. The minimum absolute atomic E-state index is 0.105. The SMILES string of the molecule is CCC/C=C1\N(Cc2cc(OC)cc(OC)c2)C(=O)N(CC)C12CCNCC2.Cc1cc(C)n(C)n1.NC=O. The summed E-state index contributed by atoms with van der Waals surface area (Å²) in [6.07, 6.45) is 6.50. The van der Waals surface area contributed by atoms with Gasteiger partial charge in [0, 0.05) is 31.0 Å². The third kappa shape index (κ3) is 7.75. The number of carbonyl (C=O) groups excluding carboxylic acids is 2. The fourth-order valence-corrected chi connectivity index (χ4v) is 5.24. The summed E-state index contributed by atoms with van der Waals surface area (Å²) < 4.78 is 12.7. The Bertz CT molecular complexity index is 1070. The maximum Gasteiger partial charge on any atom is 0.325 e. The van der Waals surface area contributed by atoms with Crippen molar-refractivity contribution in [3.05, 3.63) is 53.0 Å². The second-order valence-corrected chi connectivity index (χ2v) is 9.68. The molecule has 2 aliphatic heterocycles. The lowest BCUT2D eigenvalue weighted by Gasteiger charge is -2.41. The number of aromatic nitrogens is 2. The third-order valence-corrected chi connectivity index (χ3v) is 7.11. The number of allylic oxidation sites excluding steroid dienone is 1. The largest absolute Gasteiger partial charge is 0.497 e. The number of unbranched alkanes of at least 4 members (excludes halogenated alkanes) is 1. The molecule has 0 radical (unpaired) electrons. The Labute approximate surface area is 233 Å². The molecule has 2 aliphatic rings. The lowest BCUT2D eigenvalue weighted by molar-refractivity contribution is -0.106. The molecule has 0 aliphatic carbocycles. The van der Waals surface area contributed by atoms with E-state index in [1.807, 2.05) is 48.7 Å². The van der Waals surface area contributed by atoms with Gasteiger partial charge in [0.2, 0.25) is 6.41 Å². The number of nitrogens with one attached hydrogen (secondary N) is 1. The number of amides is 3. The standard InChI is InChI=1S/C22H33N3O3.C6H10N2.CH3NO/c1-5-7-8-20-22(9-11-23-12-10-22)25(6-2)21(26)24(20)16-17-13-18(27-3)15-19(14-17)28-4;1-5-4-6(2)8(3)7-5;2-1-3/h8,13-15,23H,5-7,9-12,16H2,1-4H3;4H,1-3H3;1H,(H2,2,3)/b20-8-;;. The molecule has 216 valence electrons. The first-order valence-corrected chi connectivity index (χ1v) is 13.6. The zero-order valence-corrected chi connectivity index (χ0v) is 24.6. The van der Waals surface area contributed by atoms with E-state index in [9.17, 15) is 4.79 Å². The average Bonchev–Trinajstić information content (AvgIpc) is 3.33. The van der Waals surface area contributed by atoms with Gasteiger partial charge in [0.15, 0.2) is 0 Å². The van der Waals surface area contributed by atoms with Crippen LogP contribution in [0.15, 0.2) is 36.0 Å². The van der Waals surface area contributed by atoms with Gasteiger partial charge in [-0.2, -0.15) is 5.10 Å². The van der Waals surface area contributed by atoms with Crippen LogP contribution in [0.2, 0.25) is 0 Å². The van der Waals surface area contributed by atoms with Gasteiger partial charge in [-0.05, 0) is 76.9 Å². The number of carbonyl (C=O) groups is 2. The average molecular weight is 543 g/mol. The van der Waals surface area contributed by atoms with Crippen LogP contribution < -0.4 is 20.5 Å². The predicted octanol–water partition coefficient (Wildman–Crippen LogP) is 3.91. The summed E-state index contributed by atoms with van der Waals surface area (Å²) in [7, 11) is 5.24. The number of aryl methyl sites for hydroxylation is 3. The van der Waals surface area contributed by atoms with E-state index in [0.717, 1.165) is 68.1 Å². The fraction of sp³-hybridized carbons (Fsp3) is 0.552. The monoisotopic (exact) mass is 542 g/mol. The molecule has 2 fully saturated rings. The lowest BCUT2D eigenvalue weighted by Crippen LogP contribution is -2.52. The molecule has 4 rings (SSSR count). The van der Waals surface area contributed by atoms with Gasteiger partial charge in [-0.15, -0.1) is 0 Å². The molecule has 1 aromatic heterocycles. The molecule has 0 bridgehead atoms. The zero-order valence-electron chi connectivity index (χ0n) is 24.6. The van der Waals surface area contributed by atoms with Crippen molar-refractivity contribution in [1.29, 1.82) is 0 Å². The van der Waals surface area contributed by atoms with E-state index in [1.165, 1.54) is 11.4 Å². The van der Waals surface area contributed by atoms with Crippen molar-refractivity contribution in [1.82, 2.24) is 24.9 Å². The highest BCUT2D eigenvalue weighted by Crippen LogP contribution is 2.43. The molecule has 0 atom stereocenters. The van der Waals surface area contributed by atoms with Gasteiger partial charge in [-0.25, -0.2) is 4.79 Å². The van der Waals surface area contributed by atoms with Crippen LogP contribution in [0.4, 0.5) is 4.79 Å². The van der Waals surface area contributed by atoms with Crippen molar-refractivity contribution in [3.8, 4) is 11.5 Å². The van der Waals surface area contributed by atoms with E-state index in [4.69, 9.17) is 14.3 Å². The van der Waals surface area contributed by atoms with Crippen molar-refractivity contribution in [3.63, 3.8) is 0 Å². The Morgan fingerprint density at radius 2 is 1.67 bits per heavy atom. The zero-order chi connectivity index (χ0) is 29.0. The second-order valence-electron chi connectivity index (χ2n) is 9.68. The Morgan fingerprint density at radius 1 is 1.08 bits per heavy atom. The maximum absolute atomic E-state index is 13.4. The fourth-order valence-electron chi connectivity index (χ4n) is 5.24. The molecule has 0 unspecified atom stereocenters. The number of primary amides is 1. The highest BCUT2D eigenvalue weighted by molar-refractivity contribution is 5.82. The number of piperidine rings is 1. The first-order chi connectivity index (χ1) is 18.7. The van der Waals surface area contributed by atoms with Crippen LogP contribution in [-0.4, -0.2) is 71.4 Å². The lowest BCUT2D eigenvalue weighted by atomic mass is 9.83. The van der Waals surface area contributed by atoms with Gasteiger partial charge in [0.25, 0.3) is 0 Å². The smallest absolute Gasteiger partial charge is 0.325 e. The number of hydrogen-bond acceptors (Lipinski definition) is 6. The summed E-state index contributed by atoms with van der Waals surface area (Å²) >= 11 is 0. The van der Waals surface area contributed by atoms with Gasteiger partial charge in [-0.1, -0.05) is 19.4 Å². The molecule has 3 amide bonds. The molecule has 2 aromatic rings. The number of benzene rings is 1. The highest BCUT2D eigenvalue weighted by atomic mass is 16.5. The number of urea groups is 1. The van der Waals surface area contributed by atoms with Crippen LogP contribution in [0.5, 0.6) is 11.5 Å². The molecule has 10 heteroatoms. The summed E-state index contributed by atoms with van der Waals surface area (Å²) in [6.45, 7) is 11.4. The normalized spacial score (nSPS) is 16.9. The van der Waals surface area contributed by atoms with E-state index < -0.39 is 0 Å². The van der Waals surface area contributed by atoms with Gasteiger partial charge >= 0.3 is 6.03 Å². The summed E-state index contributed by atoms with van der Waals surface area (Å²) in [6, 6.07) is 7.98. The summed E-state index contributed by atoms with van der Waals surface area (Å²) in [4.78, 5) is 26.1. The molecule has 2 saturated heterocycles. The minimum Gasteiger partial charge on any atom is -0.497 e. The van der Waals surface area contributed by atoms with E-state index in [0.29, 0.717) is 6.54 Å². The van der Waals surface area contributed by atoms with Gasteiger partial charge in [-0.3, -0.25) is 14.4 Å². The Balaban J connectivity index is 0.000000405. The molecular weight excluding hydrogens is 496 g/mol. The number of nitrogens with two attached hydrogens (primary N) is 1. The number of likely N-dealkylation sites (N-methyl/N-ethyl adjacent to an activating group) is 1. The van der Waals surface area contributed by atoms with Crippen LogP contribution in [0.3, 0.4) is 0 Å². The van der Waals surface area contributed by atoms with E-state index in [-0.39, 0.29) is 18.0 Å². The summed E-state index contributed by atoms with van der Waals surface area (Å²) in [5, 5.41) is 7.58. The molecular formula is C29H46N6O4. The second kappa shape index (κ2) is 15.2. The predicted molar refractivity (Wildman–Crippen MR) is 154 cm³/mol. The summed E-state index contributed by atoms with van der Waals surface area (Å²) in [5.41, 5.74) is 8.46. The number of nitrogens with zero attached hydrogens (tertiary/aromatic N) is 4. The van der Waals surface area contributed by atoms with Crippen LogP contribution >= 0.6 is 0 Å². The highest BCUT2D eigenvalue weighted by Gasteiger charge is 2.52. The number of hydrogen-bond donors (Lipinski definition) is 2. The molecule has 1 spiro atoms. The molecule has 10 nitrogen and oxygen atoms in total. The first-order valence-electron chi connectivity index (χ1n) is 13.6. The molecule has 1 aromatic carbocycles.